The summed E-state index contributed by atoms with van der Waals surface area (Å²) in [4.78, 5) is 4.06. The summed E-state index contributed by atoms with van der Waals surface area (Å²) >= 11 is 0. The zero-order valence-corrected chi connectivity index (χ0v) is 7.77. The number of hydrogen-bond donors (Lipinski definition) is 0. The highest BCUT2D eigenvalue weighted by molar-refractivity contribution is 5.74. The van der Waals surface area contributed by atoms with Crippen LogP contribution in [-0.4, -0.2) is 4.98 Å². The van der Waals surface area contributed by atoms with Crippen molar-refractivity contribution in [2.24, 2.45) is 0 Å². The van der Waals surface area contributed by atoms with Crippen molar-refractivity contribution >= 4 is 5.57 Å². The molecule has 0 N–H and O–H groups in total. The Labute approximate surface area is 79.1 Å². The van der Waals surface area contributed by atoms with Crippen molar-refractivity contribution in [3.05, 3.63) is 61.0 Å². The lowest BCUT2D eigenvalue weighted by Gasteiger charge is -1.99. The normalized spacial score (nSPS) is 11.9. The number of aromatic nitrogens is 1. The van der Waals surface area contributed by atoms with Gasteiger partial charge >= 0.3 is 0 Å². The first-order valence-electron chi connectivity index (χ1n) is 4.24. The third-order valence-corrected chi connectivity index (χ3v) is 1.64. The highest BCUT2D eigenvalue weighted by Gasteiger charge is 1.94. The van der Waals surface area contributed by atoms with Crippen molar-refractivity contribution in [2.45, 2.75) is 6.92 Å². The van der Waals surface area contributed by atoms with Gasteiger partial charge in [-0.15, -0.1) is 0 Å². The molecule has 1 aromatic rings. The molecule has 1 rings (SSSR count). The molecule has 0 saturated carbocycles. The van der Waals surface area contributed by atoms with Crippen LogP contribution in [0.2, 0.25) is 0 Å². The summed E-state index contributed by atoms with van der Waals surface area (Å²) in [5.74, 6) is 0. The van der Waals surface area contributed by atoms with Crippen molar-refractivity contribution in [3.8, 4) is 0 Å². The molecule has 0 aliphatic carbocycles. The monoisotopic (exact) mass is 171 g/mol. The highest BCUT2D eigenvalue weighted by Crippen LogP contribution is 2.13. The summed E-state index contributed by atoms with van der Waals surface area (Å²) in [6, 6.07) is 3.96. The van der Waals surface area contributed by atoms with Crippen LogP contribution in [0.5, 0.6) is 0 Å². The first-order valence-corrected chi connectivity index (χ1v) is 4.24. The van der Waals surface area contributed by atoms with E-state index in [2.05, 4.69) is 11.6 Å². The van der Waals surface area contributed by atoms with Gasteiger partial charge in [-0.1, -0.05) is 36.9 Å². The standard InChI is InChI=1S/C12H13N/c1-3-6-11(7-4-2)12-8-5-9-13-10-12/h3-10H,1H2,2H3/b7-4-,11-6+. The SMILES string of the molecule is C=C/C=C(\C=C/C)c1cccnc1. The minimum absolute atomic E-state index is 1.11. The average molecular weight is 171 g/mol. The first kappa shape index (κ1) is 9.46. The molecule has 0 amide bonds. The third-order valence-electron chi connectivity index (χ3n) is 1.64. The molecule has 0 fully saturated rings. The van der Waals surface area contributed by atoms with Gasteiger partial charge in [-0.2, -0.15) is 0 Å². The Hall–Kier alpha value is -1.63. The van der Waals surface area contributed by atoms with E-state index in [4.69, 9.17) is 0 Å². The van der Waals surface area contributed by atoms with E-state index in [0.717, 1.165) is 11.1 Å². The number of rotatable bonds is 3. The quantitative estimate of drug-likeness (QED) is 0.636. The Balaban J connectivity index is 3.03. The van der Waals surface area contributed by atoms with Crippen LogP contribution in [0.25, 0.3) is 5.57 Å². The molecule has 1 heteroatoms. The molecule has 1 aromatic heterocycles. The Morgan fingerprint density at radius 1 is 1.54 bits per heavy atom. The summed E-state index contributed by atoms with van der Waals surface area (Å²) in [7, 11) is 0. The van der Waals surface area contributed by atoms with Gasteiger partial charge in [0.25, 0.3) is 0 Å². The van der Waals surface area contributed by atoms with E-state index < -0.39 is 0 Å². The van der Waals surface area contributed by atoms with Gasteiger partial charge < -0.3 is 0 Å². The second-order valence-corrected chi connectivity index (χ2v) is 2.60. The molecule has 0 aliphatic heterocycles. The molecule has 0 radical (unpaired) electrons. The van der Waals surface area contributed by atoms with Gasteiger partial charge in [0.15, 0.2) is 0 Å². The topological polar surface area (TPSA) is 12.9 Å². The second kappa shape index (κ2) is 5.09. The van der Waals surface area contributed by atoms with Crippen LogP contribution in [0.15, 0.2) is 55.4 Å². The van der Waals surface area contributed by atoms with E-state index in [1.165, 1.54) is 0 Å². The van der Waals surface area contributed by atoms with E-state index in [9.17, 15) is 0 Å². The minimum atomic E-state index is 1.11. The zero-order valence-electron chi connectivity index (χ0n) is 7.77. The Kier molecular flexibility index (Phi) is 3.71. The van der Waals surface area contributed by atoms with Crippen LogP contribution in [0.4, 0.5) is 0 Å². The van der Waals surface area contributed by atoms with Gasteiger partial charge in [0, 0.05) is 12.4 Å². The maximum Gasteiger partial charge on any atom is 0.0346 e. The van der Waals surface area contributed by atoms with Crippen LogP contribution in [-0.2, 0) is 0 Å². The van der Waals surface area contributed by atoms with E-state index in [1.54, 1.807) is 12.3 Å². The molecule has 0 bridgehead atoms. The summed E-state index contributed by atoms with van der Waals surface area (Å²) < 4.78 is 0. The van der Waals surface area contributed by atoms with Crippen molar-refractivity contribution in [2.75, 3.05) is 0 Å². The molecule has 1 nitrogen and oxygen atoms in total. The number of hydrogen-bond acceptors (Lipinski definition) is 1. The molecular weight excluding hydrogens is 158 g/mol. The summed E-state index contributed by atoms with van der Waals surface area (Å²) in [5.41, 5.74) is 2.24. The van der Waals surface area contributed by atoms with Crippen molar-refractivity contribution in [3.63, 3.8) is 0 Å². The molecule has 0 spiro atoms. The zero-order chi connectivity index (χ0) is 9.52. The van der Waals surface area contributed by atoms with E-state index in [0.29, 0.717) is 0 Å². The Morgan fingerprint density at radius 3 is 2.92 bits per heavy atom. The fourth-order valence-corrected chi connectivity index (χ4v) is 1.09. The average Bonchev–Trinajstić information content (AvgIpc) is 2.19. The van der Waals surface area contributed by atoms with Gasteiger partial charge in [0.05, 0.1) is 0 Å². The molecular formula is C12H13N. The van der Waals surface area contributed by atoms with Crippen LogP contribution in [0.3, 0.4) is 0 Å². The first-order chi connectivity index (χ1) is 6.38. The van der Waals surface area contributed by atoms with Gasteiger partial charge in [0.2, 0.25) is 0 Å². The van der Waals surface area contributed by atoms with Crippen LogP contribution in [0, 0.1) is 0 Å². The highest BCUT2D eigenvalue weighted by atomic mass is 14.6. The molecule has 0 atom stereocenters. The van der Waals surface area contributed by atoms with Gasteiger partial charge in [-0.3, -0.25) is 4.98 Å². The fraction of sp³-hybridized carbons (Fsp3) is 0.0833. The van der Waals surface area contributed by atoms with Crippen molar-refractivity contribution in [1.29, 1.82) is 0 Å². The molecule has 0 saturated heterocycles. The number of nitrogens with zero attached hydrogens (tertiary/aromatic N) is 1. The smallest absolute Gasteiger partial charge is 0.0346 e. The van der Waals surface area contributed by atoms with Gasteiger partial charge in [0.1, 0.15) is 0 Å². The maximum atomic E-state index is 4.06. The molecule has 1 heterocycles. The van der Waals surface area contributed by atoms with Crippen LogP contribution in [0.1, 0.15) is 12.5 Å². The molecule has 0 unspecified atom stereocenters. The lowest BCUT2D eigenvalue weighted by molar-refractivity contribution is 1.31. The van der Waals surface area contributed by atoms with Crippen LogP contribution >= 0.6 is 0 Å². The third kappa shape index (κ3) is 2.71. The maximum absolute atomic E-state index is 4.06. The number of pyridine rings is 1. The van der Waals surface area contributed by atoms with Crippen molar-refractivity contribution in [1.82, 2.24) is 4.98 Å². The number of allylic oxidation sites excluding steroid dienone is 5. The van der Waals surface area contributed by atoms with Gasteiger partial charge in [-0.05, 0) is 24.1 Å². The molecule has 13 heavy (non-hydrogen) atoms. The van der Waals surface area contributed by atoms with E-state index >= 15 is 0 Å². The summed E-state index contributed by atoms with van der Waals surface area (Å²) in [6.45, 7) is 5.67. The van der Waals surface area contributed by atoms with E-state index in [1.807, 2.05) is 43.5 Å². The predicted octanol–water partition coefficient (Wildman–Crippen LogP) is 3.23. The fourth-order valence-electron chi connectivity index (χ4n) is 1.09. The van der Waals surface area contributed by atoms with E-state index in [-0.39, 0.29) is 0 Å². The minimum Gasteiger partial charge on any atom is -0.264 e. The summed E-state index contributed by atoms with van der Waals surface area (Å²) in [5, 5.41) is 0. The molecule has 66 valence electrons. The molecule has 0 aliphatic rings. The van der Waals surface area contributed by atoms with Gasteiger partial charge in [-0.25, -0.2) is 0 Å². The lowest BCUT2D eigenvalue weighted by Crippen LogP contribution is -1.81. The second-order valence-electron chi connectivity index (χ2n) is 2.60. The van der Waals surface area contributed by atoms with Crippen molar-refractivity contribution < 1.29 is 0 Å². The van der Waals surface area contributed by atoms with Crippen LogP contribution < -0.4 is 0 Å². The predicted molar refractivity (Wildman–Crippen MR) is 57.2 cm³/mol. The summed E-state index contributed by atoms with van der Waals surface area (Å²) in [6.07, 6.45) is 11.4. The Morgan fingerprint density at radius 2 is 2.38 bits per heavy atom. The largest absolute Gasteiger partial charge is 0.264 e. The lowest BCUT2D eigenvalue weighted by atomic mass is 10.1. The molecule has 0 aromatic carbocycles. The Bertz CT molecular complexity index is 320.